The van der Waals surface area contributed by atoms with Crippen molar-refractivity contribution in [2.75, 3.05) is 5.88 Å². The predicted molar refractivity (Wildman–Crippen MR) is 64.8 cm³/mol. The largest absolute Gasteiger partial charge is 0.207 e. The molecule has 0 aromatic heterocycles. The molecule has 15 heavy (non-hydrogen) atoms. The number of alkyl halides is 1. The minimum absolute atomic E-state index is 0.118. The average Bonchev–Trinajstić information content (AvgIpc) is 2.68. The lowest BCUT2D eigenvalue weighted by molar-refractivity contribution is 0.561. The van der Waals surface area contributed by atoms with E-state index < -0.39 is 0 Å². The first-order chi connectivity index (χ1) is 7.00. The number of hydrogen-bond donors (Lipinski definition) is 0. The number of hydrogen-bond acceptors (Lipinski definition) is 0. The van der Waals surface area contributed by atoms with Crippen LogP contribution < -0.4 is 0 Å². The summed E-state index contributed by atoms with van der Waals surface area (Å²) in [5.41, 5.74) is 0.903. The molecule has 0 radical (unpaired) electrons. The summed E-state index contributed by atoms with van der Waals surface area (Å²) < 4.78 is 14.6. The van der Waals surface area contributed by atoms with Crippen molar-refractivity contribution in [1.82, 2.24) is 0 Å². The Labute approximate surface area is 103 Å². The number of benzene rings is 1. The molecule has 1 aliphatic carbocycles. The third-order valence-electron chi connectivity index (χ3n) is 3.53. The topological polar surface area (TPSA) is 0 Å². The minimum atomic E-state index is -0.130. The zero-order valence-electron chi connectivity index (χ0n) is 8.73. The van der Waals surface area contributed by atoms with Gasteiger partial charge < -0.3 is 0 Å². The predicted octanol–water partition coefficient (Wildman–Crippen LogP) is 4.57. The van der Waals surface area contributed by atoms with E-state index in [0.717, 1.165) is 10.0 Å². The van der Waals surface area contributed by atoms with Crippen LogP contribution >= 0.6 is 27.5 Å². The monoisotopic (exact) mass is 290 g/mol. The van der Waals surface area contributed by atoms with Crippen LogP contribution in [0.5, 0.6) is 0 Å². The van der Waals surface area contributed by atoms with Gasteiger partial charge in [0.2, 0.25) is 0 Å². The molecule has 0 heterocycles. The Bertz CT molecular complexity index is 369. The van der Waals surface area contributed by atoms with Crippen LogP contribution in [0.1, 0.15) is 25.3 Å². The fourth-order valence-corrected chi connectivity index (χ4v) is 3.58. The van der Waals surface area contributed by atoms with Gasteiger partial charge in [0.1, 0.15) is 5.82 Å². The summed E-state index contributed by atoms with van der Waals surface area (Å²) in [4.78, 5) is 0. The highest BCUT2D eigenvalue weighted by Crippen LogP contribution is 2.65. The summed E-state index contributed by atoms with van der Waals surface area (Å²) in [5, 5.41) is 0. The van der Waals surface area contributed by atoms with Gasteiger partial charge in [-0.05, 0) is 29.4 Å². The van der Waals surface area contributed by atoms with Gasteiger partial charge >= 0.3 is 0 Å². The maximum Gasteiger partial charge on any atom is 0.127 e. The van der Waals surface area contributed by atoms with Gasteiger partial charge in [-0.15, -0.1) is 11.6 Å². The van der Waals surface area contributed by atoms with Crippen molar-refractivity contribution in [1.29, 1.82) is 0 Å². The maximum atomic E-state index is 13.7. The second-order valence-corrected chi connectivity index (χ2v) is 5.86. The van der Waals surface area contributed by atoms with Crippen LogP contribution in [0.4, 0.5) is 4.39 Å². The van der Waals surface area contributed by atoms with E-state index in [1.165, 1.54) is 6.07 Å². The molecule has 1 aromatic carbocycles. The highest BCUT2D eigenvalue weighted by atomic mass is 79.9. The molecule has 2 unspecified atom stereocenters. The van der Waals surface area contributed by atoms with Gasteiger partial charge in [0.05, 0.1) is 0 Å². The van der Waals surface area contributed by atoms with Crippen molar-refractivity contribution in [2.24, 2.45) is 11.3 Å². The van der Waals surface area contributed by atoms with E-state index >= 15 is 0 Å². The van der Waals surface area contributed by atoms with E-state index in [0.29, 0.717) is 11.8 Å². The molecule has 0 spiro atoms. The summed E-state index contributed by atoms with van der Waals surface area (Å²) in [7, 11) is 0. The fourth-order valence-electron chi connectivity index (χ4n) is 2.41. The Kier molecular flexibility index (Phi) is 2.85. The number of rotatable bonds is 2. The van der Waals surface area contributed by atoms with E-state index in [4.69, 9.17) is 11.6 Å². The Morgan fingerprint density at radius 3 is 2.60 bits per heavy atom. The van der Waals surface area contributed by atoms with Crippen molar-refractivity contribution in [2.45, 2.75) is 19.8 Å². The average molecular weight is 292 g/mol. The standard InChI is InChI=1S/C12H13BrClF/c1-12(2)7(6-14)11(12)10-8(13)4-3-5-9(10)15/h3-5,7,11H,6H2,1-2H3. The SMILES string of the molecule is CC1(C)C(CCl)C1c1c(F)cccc1Br. The van der Waals surface area contributed by atoms with Crippen molar-refractivity contribution >= 4 is 27.5 Å². The summed E-state index contributed by atoms with van der Waals surface area (Å²) in [6.07, 6.45) is 0. The molecule has 0 saturated heterocycles. The lowest BCUT2D eigenvalue weighted by Gasteiger charge is -2.07. The van der Waals surface area contributed by atoms with Crippen LogP contribution in [0, 0.1) is 17.2 Å². The molecule has 2 atom stereocenters. The first kappa shape index (κ1) is 11.4. The van der Waals surface area contributed by atoms with E-state index in [1.807, 2.05) is 6.07 Å². The zero-order chi connectivity index (χ0) is 11.2. The van der Waals surface area contributed by atoms with Crippen LogP contribution in [0.25, 0.3) is 0 Å². The molecule has 1 aliphatic rings. The van der Waals surface area contributed by atoms with Crippen molar-refractivity contribution in [3.63, 3.8) is 0 Å². The van der Waals surface area contributed by atoms with Gasteiger partial charge in [0, 0.05) is 15.9 Å². The van der Waals surface area contributed by atoms with Crippen molar-refractivity contribution in [3.05, 3.63) is 34.1 Å². The second-order valence-electron chi connectivity index (χ2n) is 4.70. The molecular formula is C12H13BrClF. The van der Waals surface area contributed by atoms with Gasteiger partial charge in [-0.25, -0.2) is 4.39 Å². The summed E-state index contributed by atoms with van der Waals surface area (Å²) in [6, 6.07) is 5.12. The fraction of sp³-hybridized carbons (Fsp3) is 0.500. The molecule has 1 saturated carbocycles. The molecule has 0 aliphatic heterocycles. The van der Waals surface area contributed by atoms with Crippen molar-refractivity contribution < 1.29 is 4.39 Å². The maximum absolute atomic E-state index is 13.7. The van der Waals surface area contributed by atoms with Crippen LogP contribution in [0.3, 0.4) is 0 Å². The van der Waals surface area contributed by atoms with E-state index in [2.05, 4.69) is 29.8 Å². The highest BCUT2D eigenvalue weighted by molar-refractivity contribution is 9.10. The van der Waals surface area contributed by atoms with E-state index in [1.54, 1.807) is 6.07 Å². The quantitative estimate of drug-likeness (QED) is 0.700. The van der Waals surface area contributed by atoms with Gasteiger partial charge in [-0.3, -0.25) is 0 Å². The molecular weight excluding hydrogens is 278 g/mol. The molecule has 0 bridgehead atoms. The second kappa shape index (κ2) is 3.74. The third kappa shape index (κ3) is 1.72. The van der Waals surface area contributed by atoms with Gasteiger partial charge in [0.25, 0.3) is 0 Å². The van der Waals surface area contributed by atoms with Crippen molar-refractivity contribution in [3.8, 4) is 0 Å². The summed E-state index contributed by atoms with van der Waals surface area (Å²) in [6.45, 7) is 4.28. The highest BCUT2D eigenvalue weighted by Gasteiger charge is 2.58. The lowest BCUT2D eigenvalue weighted by atomic mass is 10.0. The molecule has 1 fully saturated rings. The molecule has 2 rings (SSSR count). The van der Waals surface area contributed by atoms with Gasteiger partial charge in [-0.1, -0.05) is 35.8 Å². The Balaban J connectivity index is 2.41. The van der Waals surface area contributed by atoms with E-state index in [-0.39, 0.29) is 17.2 Å². The summed E-state index contributed by atoms with van der Waals surface area (Å²) in [5.74, 6) is 1.09. The Morgan fingerprint density at radius 2 is 2.13 bits per heavy atom. The Hall–Kier alpha value is -0.0800. The molecule has 0 nitrogen and oxygen atoms in total. The van der Waals surface area contributed by atoms with E-state index in [9.17, 15) is 4.39 Å². The molecule has 0 amide bonds. The first-order valence-electron chi connectivity index (χ1n) is 5.00. The summed E-state index contributed by atoms with van der Waals surface area (Å²) >= 11 is 9.31. The van der Waals surface area contributed by atoms with Crippen LogP contribution in [0.2, 0.25) is 0 Å². The van der Waals surface area contributed by atoms with Crippen LogP contribution in [-0.2, 0) is 0 Å². The van der Waals surface area contributed by atoms with Crippen LogP contribution in [0.15, 0.2) is 22.7 Å². The zero-order valence-corrected chi connectivity index (χ0v) is 11.1. The van der Waals surface area contributed by atoms with Crippen LogP contribution in [-0.4, -0.2) is 5.88 Å². The van der Waals surface area contributed by atoms with Gasteiger partial charge in [-0.2, -0.15) is 0 Å². The molecule has 1 aromatic rings. The third-order valence-corrected chi connectivity index (χ3v) is 4.55. The normalized spacial score (nSPS) is 27.8. The molecule has 0 N–H and O–H groups in total. The molecule has 82 valence electrons. The van der Waals surface area contributed by atoms with Gasteiger partial charge in [0.15, 0.2) is 0 Å². The number of halogens is 3. The Morgan fingerprint density at radius 1 is 1.47 bits per heavy atom. The molecule has 3 heteroatoms. The smallest absolute Gasteiger partial charge is 0.127 e. The minimum Gasteiger partial charge on any atom is -0.207 e. The lowest BCUT2D eigenvalue weighted by Crippen LogP contribution is -1.94. The first-order valence-corrected chi connectivity index (χ1v) is 6.32.